The van der Waals surface area contributed by atoms with Gasteiger partial charge in [-0.25, -0.2) is 0 Å². The second kappa shape index (κ2) is 7.82. The van der Waals surface area contributed by atoms with Crippen molar-refractivity contribution in [3.05, 3.63) is 5.82 Å². The van der Waals surface area contributed by atoms with Crippen LogP contribution < -0.4 is 0 Å². The molecule has 21 heavy (non-hydrogen) atoms. The lowest BCUT2D eigenvalue weighted by molar-refractivity contribution is -0.131. The van der Waals surface area contributed by atoms with Gasteiger partial charge in [0.05, 0.1) is 6.54 Å². The van der Waals surface area contributed by atoms with E-state index in [0.717, 1.165) is 49.1 Å². The summed E-state index contributed by atoms with van der Waals surface area (Å²) in [4.78, 5) is 14.0. The van der Waals surface area contributed by atoms with Gasteiger partial charge in [-0.1, -0.05) is 32.0 Å². The van der Waals surface area contributed by atoms with E-state index in [0.29, 0.717) is 18.9 Å². The quantitative estimate of drug-likeness (QED) is 0.758. The molecule has 5 nitrogen and oxygen atoms in total. The second-order valence-electron chi connectivity index (χ2n) is 5.97. The monoisotopic (exact) mass is 310 g/mol. The van der Waals surface area contributed by atoms with Crippen molar-refractivity contribution >= 4 is 17.7 Å². The average molecular weight is 310 g/mol. The molecule has 2 rings (SSSR count). The van der Waals surface area contributed by atoms with E-state index < -0.39 is 0 Å². The number of carbonyl (C=O) groups is 1. The van der Waals surface area contributed by atoms with Gasteiger partial charge in [0.1, 0.15) is 0 Å². The summed E-state index contributed by atoms with van der Waals surface area (Å²) in [6.07, 6.45) is 3.94. The van der Waals surface area contributed by atoms with E-state index >= 15 is 0 Å². The van der Waals surface area contributed by atoms with E-state index in [1.807, 2.05) is 4.90 Å². The van der Waals surface area contributed by atoms with Crippen LogP contribution in [0, 0.1) is 5.92 Å². The lowest BCUT2D eigenvalue weighted by Gasteiger charge is -2.20. The van der Waals surface area contributed by atoms with Gasteiger partial charge in [-0.3, -0.25) is 4.79 Å². The zero-order valence-electron chi connectivity index (χ0n) is 13.3. The molecule has 0 saturated carbocycles. The summed E-state index contributed by atoms with van der Waals surface area (Å²) < 4.78 is 2.14. The number of rotatable bonds is 6. The van der Waals surface area contributed by atoms with Gasteiger partial charge in [-0.05, 0) is 25.7 Å². The molecule has 6 heteroatoms. The summed E-state index contributed by atoms with van der Waals surface area (Å²) in [6.45, 7) is 8.82. The van der Waals surface area contributed by atoms with Crippen molar-refractivity contribution < 1.29 is 4.79 Å². The highest BCUT2D eigenvalue weighted by molar-refractivity contribution is 7.99. The number of thioether (sulfide) groups is 1. The van der Waals surface area contributed by atoms with Crippen LogP contribution in [0.5, 0.6) is 0 Å². The van der Waals surface area contributed by atoms with E-state index in [-0.39, 0.29) is 5.91 Å². The predicted octanol–water partition coefficient (Wildman–Crippen LogP) is 2.95. The van der Waals surface area contributed by atoms with Gasteiger partial charge >= 0.3 is 0 Å². The van der Waals surface area contributed by atoms with Crippen molar-refractivity contribution in [1.29, 1.82) is 0 Å². The molecule has 1 fully saturated rings. The second-order valence-corrected chi connectivity index (χ2v) is 6.96. The Balaban J connectivity index is 2.06. The molecule has 0 unspecified atom stereocenters. The molecule has 0 aromatic carbocycles. The van der Waals surface area contributed by atoms with Crippen LogP contribution in [0.3, 0.4) is 0 Å². The Bertz CT molecular complexity index is 472. The van der Waals surface area contributed by atoms with Crippen molar-refractivity contribution in [2.75, 3.05) is 12.3 Å². The minimum Gasteiger partial charge on any atom is -0.335 e. The number of hydrogen-bond donors (Lipinski definition) is 0. The van der Waals surface area contributed by atoms with Gasteiger partial charge in [-0.2, -0.15) is 0 Å². The smallest absolute Gasteiger partial charge is 0.222 e. The van der Waals surface area contributed by atoms with Crippen LogP contribution in [0.4, 0.5) is 0 Å². The number of nitrogens with zero attached hydrogens (tertiary/aromatic N) is 4. The van der Waals surface area contributed by atoms with Gasteiger partial charge in [0.15, 0.2) is 11.0 Å². The molecular formula is C15H26N4OS. The summed E-state index contributed by atoms with van der Waals surface area (Å²) >= 11 is 1.75. The van der Waals surface area contributed by atoms with E-state index in [1.54, 1.807) is 11.8 Å². The molecule has 0 bridgehead atoms. The van der Waals surface area contributed by atoms with Crippen LogP contribution in [-0.4, -0.2) is 37.9 Å². The largest absolute Gasteiger partial charge is 0.335 e. The van der Waals surface area contributed by atoms with Crippen LogP contribution >= 0.6 is 11.8 Å². The minimum absolute atomic E-state index is 0.259. The molecule has 0 spiro atoms. The average Bonchev–Trinajstić information content (AvgIpc) is 2.73. The third-order valence-electron chi connectivity index (χ3n) is 3.66. The van der Waals surface area contributed by atoms with Crippen LogP contribution in [0.15, 0.2) is 5.16 Å². The Morgan fingerprint density at radius 1 is 1.24 bits per heavy atom. The first-order chi connectivity index (χ1) is 10.1. The van der Waals surface area contributed by atoms with E-state index in [9.17, 15) is 4.79 Å². The maximum Gasteiger partial charge on any atom is 0.222 e. The van der Waals surface area contributed by atoms with E-state index in [2.05, 4.69) is 35.5 Å². The number of hydrogen-bond acceptors (Lipinski definition) is 4. The molecule has 118 valence electrons. The maximum absolute atomic E-state index is 12.1. The third kappa shape index (κ3) is 4.46. The van der Waals surface area contributed by atoms with Gasteiger partial charge < -0.3 is 9.47 Å². The molecule has 1 aromatic heterocycles. The zero-order chi connectivity index (χ0) is 15.2. The number of aromatic nitrogens is 3. The molecule has 0 N–H and O–H groups in total. The summed E-state index contributed by atoms with van der Waals surface area (Å²) in [5.74, 6) is 2.85. The van der Waals surface area contributed by atoms with Crippen LogP contribution in [-0.2, 0) is 17.9 Å². The highest BCUT2D eigenvalue weighted by Crippen LogP contribution is 2.21. The summed E-state index contributed by atoms with van der Waals surface area (Å²) in [7, 11) is 0. The molecule has 0 radical (unpaired) electrons. The topological polar surface area (TPSA) is 51.0 Å². The van der Waals surface area contributed by atoms with Crippen LogP contribution in [0.2, 0.25) is 0 Å². The Hall–Kier alpha value is -1.04. The fourth-order valence-electron chi connectivity index (χ4n) is 2.48. The highest BCUT2D eigenvalue weighted by Gasteiger charge is 2.20. The molecule has 1 saturated heterocycles. The van der Waals surface area contributed by atoms with Crippen molar-refractivity contribution in [2.45, 2.75) is 64.7 Å². The van der Waals surface area contributed by atoms with Crippen LogP contribution in [0.1, 0.15) is 52.3 Å². The van der Waals surface area contributed by atoms with Gasteiger partial charge in [0, 0.05) is 25.3 Å². The first kappa shape index (κ1) is 16.3. The lowest BCUT2D eigenvalue weighted by atomic mass is 10.2. The van der Waals surface area contributed by atoms with Crippen LogP contribution in [0.25, 0.3) is 0 Å². The third-order valence-corrected chi connectivity index (χ3v) is 5.05. The first-order valence-electron chi connectivity index (χ1n) is 7.94. The van der Waals surface area contributed by atoms with Crippen molar-refractivity contribution in [1.82, 2.24) is 19.7 Å². The number of carbonyl (C=O) groups excluding carboxylic acids is 1. The van der Waals surface area contributed by atoms with Crippen molar-refractivity contribution in [3.63, 3.8) is 0 Å². The van der Waals surface area contributed by atoms with E-state index in [4.69, 9.17) is 0 Å². The standard InChI is InChI=1S/C15H26N4OS/c1-4-19-13(16-17-15(19)21-11-12(2)3)10-18-9-7-5-6-8-14(18)20/h12H,4-11H2,1-3H3. The SMILES string of the molecule is CCn1c(CN2CCCCCC2=O)nnc1SCC(C)C. The summed E-state index contributed by atoms with van der Waals surface area (Å²) in [6, 6.07) is 0. The fourth-order valence-corrected chi connectivity index (χ4v) is 3.45. The molecule has 0 atom stereocenters. The van der Waals surface area contributed by atoms with Gasteiger partial charge in [-0.15, -0.1) is 10.2 Å². The Labute approximate surface area is 131 Å². The fraction of sp³-hybridized carbons (Fsp3) is 0.800. The molecular weight excluding hydrogens is 284 g/mol. The lowest BCUT2D eigenvalue weighted by Crippen LogP contribution is -2.31. The maximum atomic E-state index is 12.1. The minimum atomic E-state index is 0.259. The first-order valence-corrected chi connectivity index (χ1v) is 8.93. The highest BCUT2D eigenvalue weighted by atomic mass is 32.2. The Morgan fingerprint density at radius 2 is 2.05 bits per heavy atom. The van der Waals surface area contributed by atoms with Gasteiger partial charge in [0.25, 0.3) is 0 Å². The molecule has 1 aromatic rings. The number of amides is 1. The predicted molar refractivity (Wildman–Crippen MR) is 85.1 cm³/mol. The molecule has 2 heterocycles. The van der Waals surface area contributed by atoms with Crippen molar-refractivity contribution in [3.8, 4) is 0 Å². The normalized spacial score (nSPS) is 16.6. The van der Waals surface area contributed by atoms with Crippen molar-refractivity contribution in [2.24, 2.45) is 5.92 Å². The Morgan fingerprint density at radius 3 is 2.76 bits per heavy atom. The molecule has 0 aliphatic carbocycles. The van der Waals surface area contributed by atoms with E-state index in [1.165, 1.54) is 0 Å². The Kier molecular flexibility index (Phi) is 6.08. The zero-order valence-corrected chi connectivity index (χ0v) is 14.2. The number of likely N-dealkylation sites (tertiary alicyclic amines) is 1. The van der Waals surface area contributed by atoms with Gasteiger partial charge in [0.2, 0.25) is 5.91 Å². The summed E-state index contributed by atoms with van der Waals surface area (Å²) in [5, 5.41) is 9.61. The molecule has 1 amide bonds. The summed E-state index contributed by atoms with van der Waals surface area (Å²) in [5.41, 5.74) is 0. The molecule has 1 aliphatic rings. The molecule has 1 aliphatic heterocycles.